The molecule has 0 saturated heterocycles. The van der Waals surface area contributed by atoms with E-state index in [4.69, 9.17) is 0 Å². The standard InChI is InChI=1S/C15H14FNO/c1-17(10-12-5-3-2-4-6-12)15-8-7-13(11-18)9-14(15)16/h2-9,11H,10H2,1H3. The van der Waals surface area contributed by atoms with Crippen LogP contribution in [0.3, 0.4) is 0 Å². The van der Waals surface area contributed by atoms with E-state index in [-0.39, 0.29) is 5.82 Å². The molecule has 2 aromatic rings. The molecule has 0 spiro atoms. The molecule has 0 unspecified atom stereocenters. The van der Waals surface area contributed by atoms with Crippen molar-refractivity contribution in [2.45, 2.75) is 6.54 Å². The Morgan fingerprint density at radius 1 is 1.17 bits per heavy atom. The monoisotopic (exact) mass is 243 g/mol. The topological polar surface area (TPSA) is 20.3 Å². The molecule has 0 aliphatic rings. The van der Waals surface area contributed by atoms with Gasteiger partial charge in [0.1, 0.15) is 12.1 Å². The summed E-state index contributed by atoms with van der Waals surface area (Å²) < 4.78 is 13.8. The molecule has 0 N–H and O–H groups in total. The van der Waals surface area contributed by atoms with Crippen molar-refractivity contribution in [2.24, 2.45) is 0 Å². The third-order valence-corrected chi connectivity index (χ3v) is 2.78. The maximum Gasteiger partial charge on any atom is 0.150 e. The van der Waals surface area contributed by atoms with Gasteiger partial charge in [0.2, 0.25) is 0 Å². The first-order valence-corrected chi connectivity index (χ1v) is 5.70. The molecule has 0 heterocycles. The van der Waals surface area contributed by atoms with Crippen molar-refractivity contribution in [1.82, 2.24) is 0 Å². The normalized spacial score (nSPS) is 10.1. The molecule has 2 rings (SSSR count). The number of aldehydes is 1. The zero-order valence-electron chi connectivity index (χ0n) is 10.1. The van der Waals surface area contributed by atoms with Crippen LogP contribution in [-0.2, 0) is 6.54 Å². The van der Waals surface area contributed by atoms with Gasteiger partial charge in [0.15, 0.2) is 0 Å². The highest BCUT2D eigenvalue weighted by molar-refractivity contribution is 5.75. The Kier molecular flexibility index (Phi) is 3.72. The fourth-order valence-electron chi connectivity index (χ4n) is 1.85. The Bertz CT molecular complexity index is 539. The summed E-state index contributed by atoms with van der Waals surface area (Å²) in [4.78, 5) is 12.4. The minimum atomic E-state index is -0.377. The lowest BCUT2D eigenvalue weighted by molar-refractivity contribution is 0.112. The van der Waals surface area contributed by atoms with Crippen LogP contribution in [0.5, 0.6) is 0 Å². The predicted octanol–water partition coefficient (Wildman–Crippen LogP) is 3.27. The van der Waals surface area contributed by atoms with Crippen LogP contribution >= 0.6 is 0 Å². The van der Waals surface area contributed by atoms with Crippen molar-refractivity contribution in [1.29, 1.82) is 0 Å². The summed E-state index contributed by atoms with van der Waals surface area (Å²) in [6.45, 7) is 0.623. The van der Waals surface area contributed by atoms with E-state index in [2.05, 4.69) is 0 Å². The molecule has 0 aliphatic heterocycles. The second-order valence-electron chi connectivity index (χ2n) is 4.17. The predicted molar refractivity (Wildman–Crippen MR) is 70.3 cm³/mol. The minimum Gasteiger partial charge on any atom is -0.368 e. The lowest BCUT2D eigenvalue weighted by Crippen LogP contribution is -2.17. The molecule has 0 amide bonds. The molecule has 0 fully saturated rings. The van der Waals surface area contributed by atoms with Gasteiger partial charge in [-0.15, -0.1) is 0 Å². The van der Waals surface area contributed by atoms with Crippen LogP contribution < -0.4 is 4.90 Å². The van der Waals surface area contributed by atoms with E-state index >= 15 is 0 Å². The highest BCUT2D eigenvalue weighted by Gasteiger charge is 2.08. The molecule has 18 heavy (non-hydrogen) atoms. The molecule has 2 aromatic carbocycles. The average Bonchev–Trinajstić information content (AvgIpc) is 2.39. The number of halogens is 1. The maximum atomic E-state index is 13.8. The zero-order valence-corrected chi connectivity index (χ0v) is 10.1. The molecule has 0 atom stereocenters. The van der Waals surface area contributed by atoms with Crippen molar-refractivity contribution in [3.8, 4) is 0 Å². The number of hydrogen-bond acceptors (Lipinski definition) is 2. The van der Waals surface area contributed by atoms with E-state index in [0.29, 0.717) is 24.1 Å². The summed E-state index contributed by atoms with van der Waals surface area (Å²) in [5, 5.41) is 0. The van der Waals surface area contributed by atoms with Gasteiger partial charge in [-0.2, -0.15) is 0 Å². The lowest BCUT2D eigenvalue weighted by Gasteiger charge is -2.20. The maximum absolute atomic E-state index is 13.8. The number of nitrogens with zero attached hydrogens (tertiary/aromatic N) is 1. The Morgan fingerprint density at radius 2 is 1.89 bits per heavy atom. The molecule has 92 valence electrons. The molecule has 2 nitrogen and oxygen atoms in total. The van der Waals surface area contributed by atoms with Crippen LogP contribution in [0, 0.1) is 5.82 Å². The molecule has 0 bridgehead atoms. The second-order valence-corrected chi connectivity index (χ2v) is 4.17. The Morgan fingerprint density at radius 3 is 2.50 bits per heavy atom. The van der Waals surface area contributed by atoms with E-state index in [1.165, 1.54) is 6.07 Å². The van der Waals surface area contributed by atoms with Crippen LogP contribution in [0.1, 0.15) is 15.9 Å². The third-order valence-electron chi connectivity index (χ3n) is 2.78. The van der Waals surface area contributed by atoms with Gasteiger partial charge < -0.3 is 4.90 Å². The molecule has 0 saturated carbocycles. The van der Waals surface area contributed by atoms with Gasteiger partial charge in [-0.3, -0.25) is 4.79 Å². The van der Waals surface area contributed by atoms with Crippen molar-refractivity contribution < 1.29 is 9.18 Å². The summed E-state index contributed by atoms with van der Waals surface area (Å²) in [7, 11) is 1.83. The fraction of sp³-hybridized carbons (Fsp3) is 0.133. The molecular weight excluding hydrogens is 229 g/mol. The van der Waals surface area contributed by atoms with Crippen LogP contribution in [0.4, 0.5) is 10.1 Å². The van der Waals surface area contributed by atoms with Gasteiger partial charge in [0.05, 0.1) is 5.69 Å². The van der Waals surface area contributed by atoms with Crippen LogP contribution in [0.15, 0.2) is 48.5 Å². The van der Waals surface area contributed by atoms with E-state index < -0.39 is 0 Å². The van der Waals surface area contributed by atoms with Crippen LogP contribution in [0.2, 0.25) is 0 Å². The van der Waals surface area contributed by atoms with E-state index in [9.17, 15) is 9.18 Å². The molecule has 0 aliphatic carbocycles. The van der Waals surface area contributed by atoms with Crippen LogP contribution in [0.25, 0.3) is 0 Å². The zero-order chi connectivity index (χ0) is 13.0. The average molecular weight is 243 g/mol. The van der Waals surface area contributed by atoms with Gasteiger partial charge in [-0.05, 0) is 23.8 Å². The molecule has 3 heteroatoms. The van der Waals surface area contributed by atoms with Crippen molar-refractivity contribution in [3.63, 3.8) is 0 Å². The van der Waals surface area contributed by atoms with Gasteiger partial charge in [0, 0.05) is 19.2 Å². The number of carbonyl (C=O) groups excluding carboxylic acids is 1. The van der Waals surface area contributed by atoms with Gasteiger partial charge in [0.25, 0.3) is 0 Å². The summed E-state index contributed by atoms with van der Waals surface area (Å²) in [5.74, 6) is -0.377. The molecule has 0 radical (unpaired) electrons. The summed E-state index contributed by atoms with van der Waals surface area (Å²) in [5.41, 5.74) is 1.95. The first-order chi connectivity index (χ1) is 8.70. The number of hydrogen-bond donors (Lipinski definition) is 0. The summed E-state index contributed by atoms with van der Waals surface area (Å²) in [6, 6.07) is 14.3. The Hall–Kier alpha value is -2.16. The van der Waals surface area contributed by atoms with Crippen molar-refractivity contribution >= 4 is 12.0 Å². The second kappa shape index (κ2) is 5.45. The number of anilines is 1. The Balaban J connectivity index is 2.19. The summed E-state index contributed by atoms with van der Waals surface area (Å²) >= 11 is 0. The molecular formula is C15H14FNO. The first-order valence-electron chi connectivity index (χ1n) is 5.70. The van der Waals surface area contributed by atoms with Crippen molar-refractivity contribution in [3.05, 3.63) is 65.5 Å². The lowest BCUT2D eigenvalue weighted by atomic mass is 10.1. The highest BCUT2D eigenvalue weighted by Crippen LogP contribution is 2.20. The fourth-order valence-corrected chi connectivity index (χ4v) is 1.85. The minimum absolute atomic E-state index is 0.351. The largest absolute Gasteiger partial charge is 0.368 e. The highest BCUT2D eigenvalue weighted by atomic mass is 19.1. The van der Waals surface area contributed by atoms with Gasteiger partial charge in [-0.1, -0.05) is 30.3 Å². The van der Waals surface area contributed by atoms with E-state index in [0.717, 1.165) is 5.56 Å². The van der Waals surface area contributed by atoms with E-state index in [1.54, 1.807) is 12.1 Å². The SMILES string of the molecule is CN(Cc1ccccc1)c1ccc(C=O)cc1F. The molecule has 0 aromatic heterocycles. The Labute approximate surface area is 106 Å². The van der Waals surface area contributed by atoms with Crippen LogP contribution in [-0.4, -0.2) is 13.3 Å². The quantitative estimate of drug-likeness (QED) is 0.768. The summed E-state index contributed by atoms with van der Waals surface area (Å²) in [6.07, 6.45) is 0.643. The number of benzene rings is 2. The smallest absolute Gasteiger partial charge is 0.150 e. The first kappa shape index (κ1) is 12.3. The van der Waals surface area contributed by atoms with E-state index in [1.807, 2.05) is 42.3 Å². The van der Waals surface area contributed by atoms with Crippen molar-refractivity contribution in [2.75, 3.05) is 11.9 Å². The van der Waals surface area contributed by atoms with Gasteiger partial charge >= 0.3 is 0 Å². The number of carbonyl (C=O) groups is 1. The number of rotatable bonds is 4. The van der Waals surface area contributed by atoms with Gasteiger partial charge in [-0.25, -0.2) is 4.39 Å². The third kappa shape index (κ3) is 2.74.